The van der Waals surface area contributed by atoms with Gasteiger partial charge in [0.1, 0.15) is 0 Å². The van der Waals surface area contributed by atoms with Crippen LogP contribution in [0.4, 0.5) is 0 Å². The van der Waals surface area contributed by atoms with Crippen LogP contribution in [-0.4, -0.2) is 30.4 Å². The predicted molar refractivity (Wildman–Crippen MR) is 62.7 cm³/mol. The third-order valence-electron chi connectivity index (χ3n) is 4.60. The minimum atomic E-state index is -3.94. The van der Waals surface area contributed by atoms with Crippen LogP contribution in [-0.2, 0) is 10.1 Å². The Balaban J connectivity index is 2.91. The van der Waals surface area contributed by atoms with E-state index in [2.05, 4.69) is 0 Å². The first-order valence-electron chi connectivity index (χ1n) is 5.68. The summed E-state index contributed by atoms with van der Waals surface area (Å²) in [5, 5.41) is 8.99. The molecule has 2 unspecified atom stereocenters. The molecule has 0 heterocycles. The van der Waals surface area contributed by atoms with Crippen LogP contribution in [0.2, 0.25) is 0 Å². The van der Waals surface area contributed by atoms with Crippen molar-refractivity contribution >= 4 is 10.1 Å². The zero-order valence-electron chi connectivity index (χ0n) is 10.2. The van der Waals surface area contributed by atoms with Gasteiger partial charge in [-0.3, -0.25) is 4.55 Å². The molecule has 0 aromatic rings. The van der Waals surface area contributed by atoms with Gasteiger partial charge in [0, 0.05) is 6.61 Å². The first kappa shape index (κ1) is 13.9. The molecule has 1 fully saturated rings. The second kappa shape index (κ2) is 4.27. The maximum Gasteiger partial charge on any atom is 0.265 e. The van der Waals surface area contributed by atoms with Crippen molar-refractivity contribution in [3.63, 3.8) is 0 Å². The van der Waals surface area contributed by atoms with E-state index >= 15 is 0 Å². The maximum absolute atomic E-state index is 11.1. The molecule has 1 rings (SSSR count). The first-order chi connectivity index (χ1) is 7.12. The highest BCUT2D eigenvalue weighted by Crippen LogP contribution is 2.57. The number of hydrogen-bond donors (Lipinski definition) is 2. The van der Waals surface area contributed by atoms with Crippen molar-refractivity contribution in [3.8, 4) is 0 Å². The molecular formula is C11H22O4S. The fourth-order valence-corrected chi connectivity index (χ4v) is 4.31. The number of aliphatic hydroxyl groups is 1. The summed E-state index contributed by atoms with van der Waals surface area (Å²) in [6, 6.07) is 0. The summed E-state index contributed by atoms with van der Waals surface area (Å²) < 4.78 is 31.1. The molecule has 0 aliphatic heterocycles. The minimum absolute atomic E-state index is 0.135. The molecule has 1 aliphatic carbocycles. The fraction of sp³-hybridized carbons (Fsp3) is 1.00. The van der Waals surface area contributed by atoms with Crippen molar-refractivity contribution in [3.05, 3.63) is 0 Å². The van der Waals surface area contributed by atoms with E-state index in [-0.39, 0.29) is 17.8 Å². The molecule has 2 atom stereocenters. The second-order valence-corrected chi connectivity index (χ2v) is 7.21. The van der Waals surface area contributed by atoms with Gasteiger partial charge in [0.15, 0.2) is 0 Å². The SMILES string of the molecule is CC1(CS(=O)(=O)O)CCC(CCO)C1(C)C. The largest absolute Gasteiger partial charge is 0.396 e. The van der Waals surface area contributed by atoms with Crippen LogP contribution in [0.5, 0.6) is 0 Å². The topological polar surface area (TPSA) is 74.6 Å². The van der Waals surface area contributed by atoms with Crippen molar-refractivity contribution < 1.29 is 18.1 Å². The molecule has 0 amide bonds. The molecule has 0 saturated heterocycles. The third kappa shape index (κ3) is 2.57. The Morgan fingerprint density at radius 3 is 2.31 bits per heavy atom. The summed E-state index contributed by atoms with van der Waals surface area (Å²) in [6.45, 7) is 6.12. The zero-order valence-corrected chi connectivity index (χ0v) is 11.0. The number of aliphatic hydroxyl groups excluding tert-OH is 1. The molecule has 2 N–H and O–H groups in total. The van der Waals surface area contributed by atoms with Crippen molar-refractivity contribution in [1.82, 2.24) is 0 Å². The molecule has 5 heteroatoms. The predicted octanol–water partition coefficient (Wildman–Crippen LogP) is 1.70. The molecule has 96 valence electrons. The number of hydrogen-bond acceptors (Lipinski definition) is 3. The van der Waals surface area contributed by atoms with Crippen LogP contribution in [0.15, 0.2) is 0 Å². The minimum Gasteiger partial charge on any atom is -0.396 e. The van der Waals surface area contributed by atoms with Crippen molar-refractivity contribution in [2.75, 3.05) is 12.4 Å². The van der Waals surface area contributed by atoms with Gasteiger partial charge in [0.25, 0.3) is 10.1 Å². The van der Waals surface area contributed by atoms with Gasteiger partial charge < -0.3 is 5.11 Å². The van der Waals surface area contributed by atoms with Crippen LogP contribution in [0.3, 0.4) is 0 Å². The van der Waals surface area contributed by atoms with Gasteiger partial charge in [-0.05, 0) is 36.0 Å². The summed E-state index contributed by atoms with van der Waals surface area (Å²) >= 11 is 0. The lowest BCUT2D eigenvalue weighted by Gasteiger charge is -2.41. The van der Waals surface area contributed by atoms with Crippen molar-refractivity contribution in [2.45, 2.75) is 40.0 Å². The summed E-state index contributed by atoms with van der Waals surface area (Å²) in [6.07, 6.45) is 2.40. The van der Waals surface area contributed by atoms with Crippen LogP contribution < -0.4 is 0 Å². The van der Waals surface area contributed by atoms with Gasteiger partial charge in [0.2, 0.25) is 0 Å². The molecule has 16 heavy (non-hydrogen) atoms. The molecule has 0 radical (unpaired) electrons. The Bertz CT molecular complexity index is 347. The van der Waals surface area contributed by atoms with Crippen molar-refractivity contribution in [2.24, 2.45) is 16.7 Å². The highest BCUT2D eigenvalue weighted by molar-refractivity contribution is 7.85. The molecule has 0 spiro atoms. The van der Waals surface area contributed by atoms with E-state index in [9.17, 15) is 8.42 Å². The molecule has 1 aliphatic rings. The summed E-state index contributed by atoms with van der Waals surface area (Å²) in [4.78, 5) is 0. The Morgan fingerprint density at radius 2 is 1.88 bits per heavy atom. The molecular weight excluding hydrogens is 228 g/mol. The molecule has 1 saturated carbocycles. The van der Waals surface area contributed by atoms with E-state index in [1.165, 1.54) is 0 Å². The van der Waals surface area contributed by atoms with Crippen LogP contribution in [0, 0.1) is 16.7 Å². The number of rotatable bonds is 4. The summed E-state index contributed by atoms with van der Waals surface area (Å²) in [5.41, 5.74) is -0.577. The first-order valence-corrected chi connectivity index (χ1v) is 7.29. The average molecular weight is 250 g/mol. The molecule has 4 nitrogen and oxygen atoms in total. The van der Waals surface area contributed by atoms with Gasteiger partial charge in [-0.2, -0.15) is 8.42 Å². The monoisotopic (exact) mass is 250 g/mol. The third-order valence-corrected chi connectivity index (χ3v) is 5.60. The molecule has 0 aromatic carbocycles. The standard InChI is InChI=1S/C11H22O4S/c1-10(2)9(5-7-12)4-6-11(10,3)8-16(13,14)15/h9,12H,4-8H2,1-3H3,(H,13,14,15). The van der Waals surface area contributed by atoms with Crippen LogP contribution >= 0.6 is 0 Å². The average Bonchev–Trinajstić information content (AvgIpc) is 2.26. The Kier molecular flexibility index (Phi) is 3.72. The Labute approximate surface area is 97.8 Å². The summed E-state index contributed by atoms with van der Waals surface area (Å²) in [7, 11) is -3.94. The van der Waals surface area contributed by atoms with Crippen LogP contribution in [0.25, 0.3) is 0 Å². The zero-order chi connectivity index (χ0) is 12.6. The molecule has 0 aromatic heterocycles. The second-order valence-electron chi connectivity index (χ2n) is 5.76. The van der Waals surface area contributed by atoms with Gasteiger partial charge in [-0.1, -0.05) is 20.8 Å². The van der Waals surface area contributed by atoms with E-state index < -0.39 is 15.5 Å². The van der Waals surface area contributed by atoms with Crippen molar-refractivity contribution in [1.29, 1.82) is 0 Å². The normalized spacial score (nSPS) is 34.2. The smallest absolute Gasteiger partial charge is 0.265 e. The van der Waals surface area contributed by atoms with Gasteiger partial charge in [-0.25, -0.2) is 0 Å². The van der Waals surface area contributed by atoms with Gasteiger partial charge in [0.05, 0.1) is 5.75 Å². The van der Waals surface area contributed by atoms with E-state index in [0.29, 0.717) is 12.3 Å². The highest BCUT2D eigenvalue weighted by atomic mass is 32.2. The molecule has 0 bridgehead atoms. The summed E-state index contributed by atoms with van der Waals surface area (Å²) in [5.74, 6) is 0.138. The van der Waals surface area contributed by atoms with E-state index in [1.54, 1.807) is 0 Å². The highest BCUT2D eigenvalue weighted by Gasteiger charge is 2.52. The van der Waals surface area contributed by atoms with E-state index in [4.69, 9.17) is 9.66 Å². The Morgan fingerprint density at radius 1 is 1.31 bits per heavy atom. The lowest BCUT2D eigenvalue weighted by atomic mass is 9.66. The van der Waals surface area contributed by atoms with Gasteiger partial charge >= 0.3 is 0 Å². The fourth-order valence-electron chi connectivity index (χ4n) is 2.99. The van der Waals surface area contributed by atoms with Crippen LogP contribution in [0.1, 0.15) is 40.0 Å². The maximum atomic E-state index is 11.1. The lowest BCUT2D eigenvalue weighted by Crippen LogP contribution is -2.39. The van der Waals surface area contributed by atoms with Gasteiger partial charge in [-0.15, -0.1) is 0 Å². The van der Waals surface area contributed by atoms with E-state index in [0.717, 1.165) is 12.8 Å². The van der Waals surface area contributed by atoms with E-state index in [1.807, 2.05) is 20.8 Å². The lowest BCUT2D eigenvalue weighted by molar-refractivity contribution is 0.0914. The quantitative estimate of drug-likeness (QED) is 0.745. The Hall–Kier alpha value is -0.130.